The fraction of sp³-hybridized carbons (Fsp3) is 1.00. The van der Waals surface area contributed by atoms with E-state index in [1.807, 2.05) is 0 Å². The van der Waals surface area contributed by atoms with Crippen LogP contribution in [0, 0.1) is 5.92 Å². The second-order valence-corrected chi connectivity index (χ2v) is 4.18. The molecule has 1 aliphatic carbocycles. The van der Waals surface area contributed by atoms with Crippen LogP contribution in [0.15, 0.2) is 0 Å². The average Bonchev–Trinajstić information content (AvgIpc) is 2.16. The molecule has 0 aromatic heterocycles. The van der Waals surface area contributed by atoms with Gasteiger partial charge in [-0.1, -0.05) is 26.7 Å². The quantitative estimate of drug-likeness (QED) is 0.723. The summed E-state index contributed by atoms with van der Waals surface area (Å²) in [4.78, 5) is 2.43. The molecule has 78 valence electrons. The summed E-state index contributed by atoms with van der Waals surface area (Å²) in [7, 11) is 0. The summed E-state index contributed by atoms with van der Waals surface area (Å²) in [6, 6.07) is 0.728. The molecular weight excluding hydrogens is 162 g/mol. The van der Waals surface area contributed by atoms with Crippen LogP contribution in [-0.2, 0) is 0 Å². The van der Waals surface area contributed by atoms with Gasteiger partial charge in [-0.3, -0.25) is 4.90 Å². The van der Waals surface area contributed by atoms with Crippen LogP contribution in [0.1, 0.15) is 39.5 Å². The maximum atomic E-state index is 8.94. The molecule has 1 N–H and O–H groups in total. The van der Waals surface area contributed by atoms with Gasteiger partial charge in [0.15, 0.2) is 0 Å². The molecule has 0 spiro atoms. The Morgan fingerprint density at radius 1 is 1.31 bits per heavy atom. The Balaban J connectivity index is 2.44. The second kappa shape index (κ2) is 5.61. The van der Waals surface area contributed by atoms with Crippen LogP contribution in [0.5, 0.6) is 0 Å². The van der Waals surface area contributed by atoms with Gasteiger partial charge >= 0.3 is 0 Å². The predicted octanol–water partition coefficient (Wildman–Crippen LogP) is 1.88. The minimum Gasteiger partial charge on any atom is -0.395 e. The Morgan fingerprint density at radius 3 is 2.54 bits per heavy atom. The van der Waals surface area contributed by atoms with Crippen LogP contribution in [-0.4, -0.2) is 35.7 Å². The largest absolute Gasteiger partial charge is 0.395 e. The third kappa shape index (κ3) is 2.96. The van der Waals surface area contributed by atoms with Crippen molar-refractivity contribution in [3.8, 4) is 0 Å². The minimum absolute atomic E-state index is 0.303. The molecule has 13 heavy (non-hydrogen) atoms. The lowest BCUT2D eigenvalue weighted by Crippen LogP contribution is -2.42. The van der Waals surface area contributed by atoms with Crippen LogP contribution in [0.4, 0.5) is 0 Å². The van der Waals surface area contributed by atoms with Crippen LogP contribution < -0.4 is 0 Å². The van der Waals surface area contributed by atoms with Crippen LogP contribution in [0.3, 0.4) is 0 Å². The first-order valence-corrected chi connectivity index (χ1v) is 5.64. The third-order valence-electron chi connectivity index (χ3n) is 3.33. The minimum atomic E-state index is 0.303. The van der Waals surface area contributed by atoms with E-state index in [0.29, 0.717) is 6.61 Å². The van der Waals surface area contributed by atoms with Gasteiger partial charge in [0.25, 0.3) is 0 Å². The highest BCUT2D eigenvalue weighted by atomic mass is 16.3. The lowest BCUT2D eigenvalue weighted by molar-refractivity contribution is 0.0954. The Labute approximate surface area is 81.9 Å². The number of aliphatic hydroxyl groups is 1. The summed E-state index contributed by atoms with van der Waals surface area (Å²) in [6.45, 7) is 6.78. The number of rotatable bonds is 4. The average molecular weight is 185 g/mol. The summed E-state index contributed by atoms with van der Waals surface area (Å²) in [5, 5.41) is 8.94. The summed E-state index contributed by atoms with van der Waals surface area (Å²) in [5.41, 5.74) is 0. The second-order valence-electron chi connectivity index (χ2n) is 4.18. The van der Waals surface area contributed by atoms with E-state index >= 15 is 0 Å². The Bertz CT molecular complexity index is 138. The molecule has 0 radical (unpaired) electrons. The molecule has 0 aromatic rings. The Morgan fingerprint density at radius 2 is 2.00 bits per heavy atom. The molecule has 0 aromatic carbocycles. The number of nitrogens with zero attached hydrogens (tertiary/aromatic N) is 1. The van der Waals surface area contributed by atoms with Gasteiger partial charge in [-0.25, -0.2) is 0 Å². The maximum absolute atomic E-state index is 8.94. The summed E-state index contributed by atoms with van der Waals surface area (Å²) in [5.74, 6) is 0.820. The van der Waals surface area contributed by atoms with Crippen molar-refractivity contribution in [2.24, 2.45) is 5.92 Å². The Hall–Kier alpha value is -0.0800. The molecular formula is C11H23NO. The van der Waals surface area contributed by atoms with E-state index in [9.17, 15) is 0 Å². The molecule has 0 amide bonds. The van der Waals surface area contributed by atoms with Gasteiger partial charge in [0.05, 0.1) is 6.61 Å². The van der Waals surface area contributed by atoms with Gasteiger partial charge in [-0.05, 0) is 25.3 Å². The van der Waals surface area contributed by atoms with E-state index in [2.05, 4.69) is 18.7 Å². The van der Waals surface area contributed by atoms with Gasteiger partial charge in [-0.2, -0.15) is 0 Å². The van der Waals surface area contributed by atoms with Crippen molar-refractivity contribution in [2.45, 2.75) is 45.6 Å². The third-order valence-corrected chi connectivity index (χ3v) is 3.33. The summed E-state index contributed by atoms with van der Waals surface area (Å²) < 4.78 is 0. The highest BCUT2D eigenvalue weighted by Crippen LogP contribution is 2.27. The Kier molecular flexibility index (Phi) is 4.74. The van der Waals surface area contributed by atoms with Crippen LogP contribution in [0.2, 0.25) is 0 Å². The van der Waals surface area contributed by atoms with Crippen molar-refractivity contribution in [3.63, 3.8) is 0 Å². The smallest absolute Gasteiger partial charge is 0.0558 e. The molecule has 0 heterocycles. The van der Waals surface area contributed by atoms with Crippen molar-refractivity contribution in [1.82, 2.24) is 4.90 Å². The summed E-state index contributed by atoms with van der Waals surface area (Å²) in [6.07, 6.45) is 5.47. The molecule has 2 atom stereocenters. The van der Waals surface area contributed by atoms with E-state index < -0.39 is 0 Å². The van der Waals surface area contributed by atoms with Gasteiger partial charge < -0.3 is 5.11 Å². The molecule has 1 rings (SSSR count). The first-order valence-electron chi connectivity index (χ1n) is 5.64. The first kappa shape index (κ1) is 11.0. The van der Waals surface area contributed by atoms with E-state index in [4.69, 9.17) is 5.11 Å². The van der Waals surface area contributed by atoms with Crippen LogP contribution in [0.25, 0.3) is 0 Å². The topological polar surface area (TPSA) is 23.5 Å². The molecule has 1 saturated carbocycles. The summed E-state index contributed by atoms with van der Waals surface area (Å²) >= 11 is 0. The maximum Gasteiger partial charge on any atom is 0.0558 e. The number of hydrogen-bond acceptors (Lipinski definition) is 2. The molecule has 1 aliphatic rings. The highest BCUT2D eigenvalue weighted by Gasteiger charge is 2.25. The van der Waals surface area contributed by atoms with Gasteiger partial charge in [0.1, 0.15) is 0 Å². The normalized spacial score (nSPS) is 29.5. The van der Waals surface area contributed by atoms with Gasteiger partial charge in [0.2, 0.25) is 0 Å². The van der Waals surface area contributed by atoms with Gasteiger partial charge in [-0.15, -0.1) is 0 Å². The molecule has 0 unspecified atom stereocenters. The zero-order chi connectivity index (χ0) is 9.68. The van der Waals surface area contributed by atoms with Crippen molar-refractivity contribution < 1.29 is 5.11 Å². The molecule has 0 bridgehead atoms. The van der Waals surface area contributed by atoms with Crippen molar-refractivity contribution in [1.29, 1.82) is 0 Å². The SMILES string of the molecule is CCN(CCO)[C@H]1CCCC[C@@H]1C. The molecule has 0 saturated heterocycles. The first-order chi connectivity index (χ1) is 6.29. The zero-order valence-electron chi connectivity index (χ0n) is 9.00. The molecule has 1 fully saturated rings. The fourth-order valence-corrected chi connectivity index (χ4v) is 2.53. The van der Waals surface area contributed by atoms with E-state index in [1.54, 1.807) is 0 Å². The zero-order valence-corrected chi connectivity index (χ0v) is 9.00. The predicted molar refractivity (Wildman–Crippen MR) is 55.8 cm³/mol. The van der Waals surface area contributed by atoms with E-state index in [-0.39, 0.29) is 0 Å². The van der Waals surface area contributed by atoms with Crippen molar-refractivity contribution in [2.75, 3.05) is 19.7 Å². The lowest BCUT2D eigenvalue weighted by Gasteiger charge is -2.37. The van der Waals surface area contributed by atoms with Crippen molar-refractivity contribution >= 4 is 0 Å². The van der Waals surface area contributed by atoms with Gasteiger partial charge in [0, 0.05) is 12.6 Å². The van der Waals surface area contributed by atoms with E-state index in [1.165, 1.54) is 25.7 Å². The molecule has 0 aliphatic heterocycles. The number of aliphatic hydroxyl groups excluding tert-OH is 1. The van der Waals surface area contributed by atoms with Crippen molar-refractivity contribution in [3.05, 3.63) is 0 Å². The highest BCUT2D eigenvalue weighted by molar-refractivity contribution is 4.80. The standard InChI is InChI=1S/C11H23NO/c1-3-12(8-9-13)11-7-5-4-6-10(11)2/h10-11,13H,3-9H2,1-2H3/t10-,11-/m0/s1. The number of hydrogen-bond donors (Lipinski definition) is 1. The van der Waals surface area contributed by atoms with Crippen LogP contribution >= 0.6 is 0 Å². The molecule has 2 nitrogen and oxygen atoms in total. The number of likely N-dealkylation sites (N-methyl/N-ethyl adjacent to an activating group) is 1. The monoisotopic (exact) mass is 185 g/mol. The lowest BCUT2D eigenvalue weighted by atomic mass is 9.85. The molecule has 2 heteroatoms. The van der Waals surface area contributed by atoms with E-state index in [0.717, 1.165) is 25.0 Å². The fourth-order valence-electron chi connectivity index (χ4n) is 2.53.